The van der Waals surface area contributed by atoms with E-state index < -0.39 is 6.04 Å². The normalized spacial score (nSPS) is 25.3. The molecule has 1 aliphatic rings. The van der Waals surface area contributed by atoms with E-state index in [9.17, 15) is 4.79 Å². The van der Waals surface area contributed by atoms with Crippen LogP contribution < -0.4 is 5.73 Å². The van der Waals surface area contributed by atoms with E-state index in [4.69, 9.17) is 10.8 Å². The highest BCUT2D eigenvalue weighted by atomic mass is 16.3. The molecule has 0 radical (unpaired) electrons. The van der Waals surface area contributed by atoms with Gasteiger partial charge in [-0.2, -0.15) is 0 Å². The standard InChI is InChI=1S/C11H22N2O2/c1-3-8(2)10(12)11(15)13-6-4-5-9(13)7-14/h8-10,14H,3-7,12H2,1-2H3/t8-,9?,10-/m0/s1. The Hall–Kier alpha value is -0.610. The summed E-state index contributed by atoms with van der Waals surface area (Å²) in [4.78, 5) is 13.8. The number of amides is 1. The zero-order valence-electron chi connectivity index (χ0n) is 9.65. The van der Waals surface area contributed by atoms with Crippen molar-refractivity contribution in [2.24, 2.45) is 11.7 Å². The summed E-state index contributed by atoms with van der Waals surface area (Å²) in [5, 5.41) is 9.13. The van der Waals surface area contributed by atoms with Crippen molar-refractivity contribution in [1.29, 1.82) is 0 Å². The van der Waals surface area contributed by atoms with Crippen LogP contribution in [-0.2, 0) is 4.79 Å². The molecular formula is C11H22N2O2. The van der Waals surface area contributed by atoms with Gasteiger partial charge in [0.1, 0.15) is 0 Å². The molecule has 3 N–H and O–H groups in total. The third kappa shape index (κ3) is 2.69. The van der Waals surface area contributed by atoms with Crippen LogP contribution in [0, 0.1) is 5.92 Å². The zero-order valence-corrected chi connectivity index (χ0v) is 9.65. The fourth-order valence-corrected chi connectivity index (χ4v) is 2.00. The second-order valence-corrected chi connectivity index (χ2v) is 4.42. The van der Waals surface area contributed by atoms with E-state index in [1.807, 2.05) is 13.8 Å². The van der Waals surface area contributed by atoms with Gasteiger partial charge in [0.05, 0.1) is 18.7 Å². The van der Waals surface area contributed by atoms with Crippen molar-refractivity contribution in [2.75, 3.05) is 13.2 Å². The van der Waals surface area contributed by atoms with Gasteiger partial charge in [-0.15, -0.1) is 0 Å². The van der Waals surface area contributed by atoms with Gasteiger partial charge in [-0.1, -0.05) is 20.3 Å². The zero-order chi connectivity index (χ0) is 11.4. The van der Waals surface area contributed by atoms with Gasteiger partial charge >= 0.3 is 0 Å². The van der Waals surface area contributed by atoms with Crippen LogP contribution in [0.3, 0.4) is 0 Å². The lowest BCUT2D eigenvalue weighted by Crippen LogP contribution is -2.49. The minimum Gasteiger partial charge on any atom is -0.394 e. The number of nitrogens with zero attached hydrogens (tertiary/aromatic N) is 1. The van der Waals surface area contributed by atoms with E-state index in [-0.39, 0.29) is 24.5 Å². The number of likely N-dealkylation sites (tertiary alicyclic amines) is 1. The molecular weight excluding hydrogens is 192 g/mol. The lowest BCUT2D eigenvalue weighted by atomic mass is 9.98. The van der Waals surface area contributed by atoms with Crippen molar-refractivity contribution >= 4 is 5.91 Å². The van der Waals surface area contributed by atoms with Crippen molar-refractivity contribution in [3.05, 3.63) is 0 Å². The number of carbonyl (C=O) groups excluding carboxylic acids is 1. The lowest BCUT2D eigenvalue weighted by molar-refractivity contribution is -0.135. The highest BCUT2D eigenvalue weighted by Crippen LogP contribution is 2.19. The first-order valence-corrected chi connectivity index (χ1v) is 5.78. The Morgan fingerprint density at radius 2 is 2.33 bits per heavy atom. The maximum atomic E-state index is 12.0. The molecule has 88 valence electrons. The first-order valence-electron chi connectivity index (χ1n) is 5.78. The molecule has 1 fully saturated rings. The van der Waals surface area contributed by atoms with Crippen molar-refractivity contribution in [3.63, 3.8) is 0 Å². The Morgan fingerprint density at radius 3 is 2.87 bits per heavy atom. The van der Waals surface area contributed by atoms with Gasteiger partial charge in [0.15, 0.2) is 0 Å². The molecule has 0 aromatic heterocycles. The number of aliphatic hydroxyl groups is 1. The van der Waals surface area contributed by atoms with Crippen LogP contribution in [0.5, 0.6) is 0 Å². The molecule has 1 amide bonds. The number of nitrogens with two attached hydrogens (primary N) is 1. The number of hydrogen-bond donors (Lipinski definition) is 2. The Balaban J connectivity index is 2.59. The van der Waals surface area contributed by atoms with Crippen LogP contribution in [0.2, 0.25) is 0 Å². The van der Waals surface area contributed by atoms with Crippen molar-refractivity contribution in [1.82, 2.24) is 4.90 Å². The average molecular weight is 214 g/mol. The van der Waals surface area contributed by atoms with Crippen molar-refractivity contribution < 1.29 is 9.90 Å². The van der Waals surface area contributed by atoms with Crippen molar-refractivity contribution in [3.8, 4) is 0 Å². The molecule has 0 spiro atoms. The summed E-state index contributed by atoms with van der Waals surface area (Å²) < 4.78 is 0. The third-order valence-corrected chi connectivity index (χ3v) is 3.41. The van der Waals surface area contributed by atoms with Gasteiger partial charge in [0.25, 0.3) is 0 Å². The average Bonchev–Trinajstić information content (AvgIpc) is 2.73. The molecule has 15 heavy (non-hydrogen) atoms. The number of rotatable bonds is 4. The monoisotopic (exact) mass is 214 g/mol. The Labute approximate surface area is 91.4 Å². The van der Waals surface area contributed by atoms with Crippen LogP contribution in [0.4, 0.5) is 0 Å². The van der Waals surface area contributed by atoms with Crippen LogP contribution in [0.25, 0.3) is 0 Å². The minimum atomic E-state index is -0.415. The molecule has 4 heteroatoms. The quantitative estimate of drug-likeness (QED) is 0.709. The minimum absolute atomic E-state index is 0.000833. The summed E-state index contributed by atoms with van der Waals surface area (Å²) in [6.07, 6.45) is 2.78. The molecule has 0 aromatic rings. The first-order chi connectivity index (χ1) is 7.11. The maximum Gasteiger partial charge on any atom is 0.240 e. The van der Waals surface area contributed by atoms with Gasteiger partial charge in [0.2, 0.25) is 5.91 Å². The highest BCUT2D eigenvalue weighted by Gasteiger charge is 2.32. The molecule has 4 nitrogen and oxygen atoms in total. The maximum absolute atomic E-state index is 12.0. The van der Waals surface area contributed by atoms with E-state index in [1.54, 1.807) is 4.90 Å². The topological polar surface area (TPSA) is 66.6 Å². The molecule has 1 rings (SSSR count). The summed E-state index contributed by atoms with van der Waals surface area (Å²) in [5.74, 6) is 0.207. The Kier molecular flexibility index (Phi) is 4.54. The first kappa shape index (κ1) is 12.5. The van der Waals surface area contributed by atoms with E-state index in [0.29, 0.717) is 0 Å². The molecule has 0 saturated carbocycles. The van der Waals surface area contributed by atoms with Gasteiger partial charge in [-0.05, 0) is 18.8 Å². The summed E-state index contributed by atoms with van der Waals surface area (Å²) >= 11 is 0. The summed E-state index contributed by atoms with van der Waals surface area (Å²) in [6.45, 7) is 4.82. The number of hydrogen-bond acceptors (Lipinski definition) is 3. The van der Waals surface area contributed by atoms with E-state index in [1.165, 1.54) is 0 Å². The van der Waals surface area contributed by atoms with Crippen molar-refractivity contribution in [2.45, 2.75) is 45.2 Å². The third-order valence-electron chi connectivity index (χ3n) is 3.41. The Bertz CT molecular complexity index is 221. The van der Waals surface area contributed by atoms with Gasteiger partial charge < -0.3 is 15.7 Å². The van der Waals surface area contributed by atoms with Crippen LogP contribution >= 0.6 is 0 Å². The summed E-state index contributed by atoms with van der Waals surface area (Å²) in [7, 11) is 0. The smallest absolute Gasteiger partial charge is 0.240 e. The van der Waals surface area contributed by atoms with E-state index in [2.05, 4.69) is 0 Å². The lowest BCUT2D eigenvalue weighted by Gasteiger charge is -2.28. The number of aliphatic hydroxyl groups excluding tert-OH is 1. The van der Waals surface area contributed by atoms with Crippen LogP contribution in [0.15, 0.2) is 0 Å². The van der Waals surface area contributed by atoms with E-state index in [0.717, 1.165) is 25.8 Å². The molecule has 1 aliphatic heterocycles. The second-order valence-electron chi connectivity index (χ2n) is 4.42. The molecule has 0 aromatic carbocycles. The largest absolute Gasteiger partial charge is 0.394 e. The van der Waals surface area contributed by atoms with E-state index >= 15 is 0 Å². The highest BCUT2D eigenvalue weighted by molar-refractivity contribution is 5.82. The summed E-state index contributed by atoms with van der Waals surface area (Å²) in [6, 6.07) is -0.422. The van der Waals surface area contributed by atoms with Gasteiger partial charge in [-0.25, -0.2) is 0 Å². The molecule has 1 unspecified atom stereocenters. The van der Waals surface area contributed by atoms with Gasteiger partial charge in [0, 0.05) is 6.54 Å². The van der Waals surface area contributed by atoms with Crippen LogP contribution in [0.1, 0.15) is 33.1 Å². The second kappa shape index (κ2) is 5.47. The Morgan fingerprint density at radius 1 is 1.67 bits per heavy atom. The fraction of sp³-hybridized carbons (Fsp3) is 0.909. The molecule has 0 bridgehead atoms. The predicted molar refractivity (Wildman–Crippen MR) is 59.3 cm³/mol. The molecule has 1 heterocycles. The number of carbonyl (C=O) groups is 1. The van der Waals surface area contributed by atoms with Gasteiger partial charge in [-0.3, -0.25) is 4.79 Å². The fourth-order valence-electron chi connectivity index (χ4n) is 2.00. The summed E-state index contributed by atoms with van der Waals surface area (Å²) in [5.41, 5.74) is 5.90. The SMILES string of the molecule is CC[C@H](C)[C@H](N)C(=O)N1CCCC1CO. The molecule has 0 aliphatic carbocycles. The molecule has 1 saturated heterocycles. The van der Waals surface area contributed by atoms with Crippen LogP contribution in [-0.4, -0.2) is 41.1 Å². The predicted octanol–water partition coefficient (Wildman–Crippen LogP) is 0.343. The molecule has 3 atom stereocenters.